The van der Waals surface area contributed by atoms with Gasteiger partial charge in [-0.2, -0.15) is 0 Å². The van der Waals surface area contributed by atoms with Crippen molar-refractivity contribution >= 4 is 40.9 Å². The zero-order valence-corrected chi connectivity index (χ0v) is 18.7. The Balaban J connectivity index is 1.59. The Morgan fingerprint density at radius 1 is 1.19 bits per heavy atom. The predicted octanol–water partition coefficient (Wildman–Crippen LogP) is 4.14. The molecule has 0 saturated carbocycles. The molecule has 3 aromatic rings. The van der Waals surface area contributed by atoms with E-state index in [9.17, 15) is 14.0 Å². The molecule has 0 fully saturated rings. The van der Waals surface area contributed by atoms with E-state index < -0.39 is 11.9 Å². The molecule has 2 amide bonds. The maximum absolute atomic E-state index is 13.4. The number of aryl methyl sites for hydroxylation is 1. The van der Waals surface area contributed by atoms with Crippen LogP contribution >= 0.6 is 23.4 Å². The minimum absolute atomic E-state index is 0.0768. The zero-order chi connectivity index (χ0) is 22.5. The highest BCUT2D eigenvalue weighted by atomic mass is 35.5. The van der Waals surface area contributed by atoms with Crippen molar-refractivity contribution in [2.75, 3.05) is 11.1 Å². The Bertz CT molecular complexity index is 1100. The van der Waals surface area contributed by atoms with E-state index in [4.69, 9.17) is 11.6 Å². The van der Waals surface area contributed by atoms with Gasteiger partial charge in [0.15, 0.2) is 11.0 Å². The van der Waals surface area contributed by atoms with E-state index in [-0.39, 0.29) is 17.6 Å². The molecule has 0 unspecified atom stereocenters. The molecule has 2 N–H and O–H groups in total. The minimum atomic E-state index is -0.416. The van der Waals surface area contributed by atoms with Crippen molar-refractivity contribution in [3.05, 3.63) is 70.3 Å². The number of rotatable bonds is 7. The number of aromatic nitrogens is 3. The van der Waals surface area contributed by atoms with Crippen LogP contribution in [0.5, 0.6) is 0 Å². The van der Waals surface area contributed by atoms with E-state index in [2.05, 4.69) is 20.8 Å². The average molecular weight is 462 g/mol. The standard InChI is InChI=1S/C21H21ClFN5O2S/c1-12-4-9-16(23)10-17(12)25-18(29)11-31-21-27-26-19(28(21)3)13(2)24-20(30)14-5-7-15(22)8-6-14/h4-10,13H,11H2,1-3H3,(H,24,30)(H,25,29)/t13-/m1/s1. The highest BCUT2D eigenvalue weighted by Crippen LogP contribution is 2.21. The molecule has 10 heteroatoms. The smallest absolute Gasteiger partial charge is 0.251 e. The van der Waals surface area contributed by atoms with E-state index >= 15 is 0 Å². The van der Waals surface area contributed by atoms with E-state index in [1.807, 2.05) is 0 Å². The van der Waals surface area contributed by atoms with Gasteiger partial charge in [-0.15, -0.1) is 10.2 Å². The third-order valence-electron chi connectivity index (χ3n) is 4.52. The number of carbonyl (C=O) groups is 2. The van der Waals surface area contributed by atoms with E-state index in [0.717, 1.165) is 5.56 Å². The second-order valence-corrected chi connectivity index (χ2v) is 8.28. The normalized spacial score (nSPS) is 11.8. The second-order valence-electron chi connectivity index (χ2n) is 6.90. The lowest BCUT2D eigenvalue weighted by atomic mass is 10.2. The summed E-state index contributed by atoms with van der Waals surface area (Å²) in [6, 6.07) is 10.4. The molecule has 0 aliphatic carbocycles. The second kappa shape index (κ2) is 9.93. The Kier molecular flexibility index (Phi) is 7.29. The fourth-order valence-corrected chi connectivity index (χ4v) is 3.66. The van der Waals surface area contributed by atoms with Crippen LogP contribution in [0.4, 0.5) is 10.1 Å². The summed E-state index contributed by atoms with van der Waals surface area (Å²) >= 11 is 7.05. The largest absolute Gasteiger partial charge is 0.342 e. The van der Waals surface area contributed by atoms with Gasteiger partial charge in [0.2, 0.25) is 5.91 Å². The Labute approximate surface area is 188 Å². The first-order valence-electron chi connectivity index (χ1n) is 9.39. The number of anilines is 1. The van der Waals surface area contributed by atoms with Crippen molar-refractivity contribution in [3.8, 4) is 0 Å². The van der Waals surface area contributed by atoms with Crippen LogP contribution in [-0.4, -0.2) is 32.3 Å². The molecule has 0 radical (unpaired) electrons. The summed E-state index contributed by atoms with van der Waals surface area (Å²) in [5.41, 5.74) is 1.69. The molecule has 1 heterocycles. The van der Waals surface area contributed by atoms with Gasteiger partial charge in [0.05, 0.1) is 11.8 Å². The topological polar surface area (TPSA) is 88.9 Å². The Morgan fingerprint density at radius 2 is 1.90 bits per heavy atom. The van der Waals surface area contributed by atoms with Crippen molar-refractivity contribution in [3.63, 3.8) is 0 Å². The van der Waals surface area contributed by atoms with Crippen LogP contribution in [-0.2, 0) is 11.8 Å². The van der Waals surface area contributed by atoms with Gasteiger partial charge in [-0.1, -0.05) is 29.4 Å². The number of halogens is 2. The highest BCUT2D eigenvalue weighted by molar-refractivity contribution is 7.99. The Morgan fingerprint density at radius 3 is 2.61 bits per heavy atom. The average Bonchev–Trinajstić information content (AvgIpc) is 3.10. The van der Waals surface area contributed by atoms with Crippen LogP contribution in [0.3, 0.4) is 0 Å². The third-order valence-corrected chi connectivity index (χ3v) is 5.79. The van der Waals surface area contributed by atoms with Crippen LogP contribution < -0.4 is 10.6 Å². The molecule has 3 rings (SSSR count). The molecule has 31 heavy (non-hydrogen) atoms. The van der Waals surface area contributed by atoms with Crippen LogP contribution in [0.2, 0.25) is 5.02 Å². The van der Waals surface area contributed by atoms with Gasteiger partial charge >= 0.3 is 0 Å². The lowest BCUT2D eigenvalue weighted by Gasteiger charge is -2.13. The lowest BCUT2D eigenvalue weighted by Crippen LogP contribution is -2.28. The van der Waals surface area contributed by atoms with E-state index in [0.29, 0.717) is 27.3 Å². The van der Waals surface area contributed by atoms with Gasteiger partial charge in [0.25, 0.3) is 5.91 Å². The van der Waals surface area contributed by atoms with Gasteiger partial charge in [0.1, 0.15) is 5.82 Å². The maximum atomic E-state index is 13.4. The van der Waals surface area contributed by atoms with Crippen LogP contribution in [0, 0.1) is 12.7 Å². The van der Waals surface area contributed by atoms with E-state index in [1.165, 1.54) is 23.9 Å². The summed E-state index contributed by atoms with van der Waals surface area (Å²) in [5, 5.41) is 14.9. The molecule has 162 valence electrons. The molecule has 7 nitrogen and oxygen atoms in total. The van der Waals surface area contributed by atoms with Gasteiger partial charge in [-0.05, 0) is 55.8 Å². The number of nitrogens with zero attached hydrogens (tertiary/aromatic N) is 3. The monoisotopic (exact) mass is 461 g/mol. The summed E-state index contributed by atoms with van der Waals surface area (Å²) in [6.45, 7) is 3.59. The van der Waals surface area contributed by atoms with Crippen molar-refractivity contribution in [2.45, 2.75) is 25.0 Å². The number of carbonyl (C=O) groups excluding carboxylic acids is 2. The number of thioether (sulfide) groups is 1. The molecule has 1 aromatic heterocycles. The first-order chi connectivity index (χ1) is 14.7. The number of nitrogens with one attached hydrogen (secondary N) is 2. The molecule has 1 atom stereocenters. The van der Waals surface area contributed by atoms with Crippen molar-refractivity contribution in [1.29, 1.82) is 0 Å². The minimum Gasteiger partial charge on any atom is -0.342 e. The molecule has 0 spiro atoms. The maximum Gasteiger partial charge on any atom is 0.251 e. The summed E-state index contributed by atoms with van der Waals surface area (Å²) in [4.78, 5) is 24.7. The highest BCUT2D eigenvalue weighted by Gasteiger charge is 2.19. The van der Waals surface area contributed by atoms with Crippen LogP contribution in [0.15, 0.2) is 47.6 Å². The molecular formula is C21H21ClFN5O2S. The third kappa shape index (κ3) is 5.83. The molecule has 0 saturated heterocycles. The number of benzene rings is 2. The van der Waals surface area contributed by atoms with Gasteiger partial charge in [-0.25, -0.2) is 4.39 Å². The molecule has 2 aromatic carbocycles. The predicted molar refractivity (Wildman–Crippen MR) is 119 cm³/mol. The molecule has 0 bridgehead atoms. The zero-order valence-electron chi connectivity index (χ0n) is 17.1. The summed E-state index contributed by atoms with van der Waals surface area (Å²) in [7, 11) is 1.76. The SMILES string of the molecule is Cc1ccc(F)cc1NC(=O)CSc1nnc([C@@H](C)NC(=O)c2ccc(Cl)cc2)n1C. The summed E-state index contributed by atoms with van der Waals surface area (Å²) in [5.74, 6) is -0.334. The van der Waals surface area contributed by atoms with Gasteiger partial charge in [-0.3, -0.25) is 9.59 Å². The lowest BCUT2D eigenvalue weighted by molar-refractivity contribution is -0.113. The molecule has 0 aliphatic rings. The fraction of sp³-hybridized carbons (Fsp3) is 0.238. The molecule has 0 aliphatic heterocycles. The fourth-order valence-electron chi connectivity index (χ4n) is 2.82. The first-order valence-corrected chi connectivity index (χ1v) is 10.8. The van der Waals surface area contributed by atoms with Gasteiger partial charge < -0.3 is 15.2 Å². The van der Waals surface area contributed by atoms with Crippen LogP contribution in [0.1, 0.15) is 34.7 Å². The Hall–Kier alpha value is -2.91. The van der Waals surface area contributed by atoms with Crippen molar-refractivity contribution < 1.29 is 14.0 Å². The quantitative estimate of drug-likeness (QED) is 0.516. The number of hydrogen-bond acceptors (Lipinski definition) is 5. The molecular weight excluding hydrogens is 441 g/mol. The number of hydrogen-bond donors (Lipinski definition) is 2. The van der Waals surface area contributed by atoms with Crippen molar-refractivity contribution in [2.24, 2.45) is 7.05 Å². The summed E-state index contributed by atoms with van der Waals surface area (Å²) < 4.78 is 15.1. The van der Waals surface area contributed by atoms with E-state index in [1.54, 1.807) is 55.8 Å². The summed E-state index contributed by atoms with van der Waals surface area (Å²) in [6.07, 6.45) is 0. The first kappa shape index (κ1) is 22.8. The van der Waals surface area contributed by atoms with Crippen LogP contribution in [0.25, 0.3) is 0 Å². The number of amides is 2. The van der Waals surface area contributed by atoms with Crippen molar-refractivity contribution in [1.82, 2.24) is 20.1 Å². The van der Waals surface area contributed by atoms with Gasteiger partial charge in [0, 0.05) is 23.3 Å².